The van der Waals surface area contributed by atoms with E-state index in [1.54, 1.807) is 6.20 Å². The van der Waals surface area contributed by atoms with Gasteiger partial charge in [-0.05, 0) is 30.2 Å². The third-order valence-electron chi connectivity index (χ3n) is 4.23. The SMILES string of the molecule is O=C(NCC1CCCCC1Br)c1nccc2ccccc12. The minimum atomic E-state index is -0.0722. The Kier molecular flexibility index (Phi) is 4.54. The lowest BCUT2D eigenvalue weighted by Gasteiger charge is -2.27. The molecule has 4 heteroatoms. The fraction of sp³-hybridized carbons (Fsp3) is 0.412. The van der Waals surface area contributed by atoms with Crippen LogP contribution in [0.5, 0.6) is 0 Å². The highest BCUT2D eigenvalue weighted by Gasteiger charge is 2.23. The van der Waals surface area contributed by atoms with Crippen molar-refractivity contribution in [2.45, 2.75) is 30.5 Å². The van der Waals surface area contributed by atoms with Gasteiger partial charge >= 0.3 is 0 Å². The summed E-state index contributed by atoms with van der Waals surface area (Å²) in [5, 5.41) is 5.02. The van der Waals surface area contributed by atoms with Crippen molar-refractivity contribution >= 4 is 32.6 Å². The highest BCUT2D eigenvalue weighted by atomic mass is 79.9. The smallest absolute Gasteiger partial charge is 0.270 e. The molecule has 21 heavy (non-hydrogen) atoms. The molecular formula is C17H19BrN2O. The molecule has 1 aliphatic carbocycles. The Morgan fingerprint density at radius 1 is 1.24 bits per heavy atom. The fourth-order valence-electron chi connectivity index (χ4n) is 3.00. The van der Waals surface area contributed by atoms with E-state index in [4.69, 9.17) is 0 Å². The van der Waals surface area contributed by atoms with Crippen LogP contribution in [0, 0.1) is 5.92 Å². The monoisotopic (exact) mass is 346 g/mol. The zero-order chi connectivity index (χ0) is 14.7. The number of hydrogen-bond acceptors (Lipinski definition) is 2. The van der Waals surface area contributed by atoms with Gasteiger partial charge in [-0.25, -0.2) is 0 Å². The van der Waals surface area contributed by atoms with Gasteiger partial charge in [0.05, 0.1) is 0 Å². The van der Waals surface area contributed by atoms with Gasteiger partial charge in [0.2, 0.25) is 0 Å². The van der Waals surface area contributed by atoms with Crippen LogP contribution in [0.1, 0.15) is 36.2 Å². The van der Waals surface area contributed by atoms with Crippen molar-refractivity contribution in [2.75, 3.05) is 6.54 Å². The van der Waals surface area contributed by atoms with Crippen molar-refractivity contribution in [3.63, 3.8) is 0 Å². The summed E-state index contributed by atoms with van der Waals surface area (Å²) in [5.74, 6) is 0.453. The van der Waals surface area contributed by atoms with E-state index in [2.05, 4.69) is 26.2 Å². The molecule has 0 bridgehead atoms. The number of nitrogens with one attached hydrogen (secondary N) is 1. The number of alkyl halides is 1. The maximum absolute atomic E-state index is 12.4. The molecule has 3 rings (SSSR count). The second-order valence-electron chi connectivity index (χ2n) is 5.65. The van der Waals surface area contributed by atoms with Crippen molar-refractivity contribution in [2.24, 2.45) is 5.92 Å². The largest absolute Gasteiger partial charge is 0.350 e. The molecule has 1 aliphatic rings. The molecule has 0 aliphatic heterocycles. The molecule has 1 aromatic heterocycles. The number of hydrogen-bond donors (Lipinski definition) is 1. The predicted octanol–water partition coefficient (Wildman–Crippen LogP) is 3.92. The Balaban J connectivity index is 1.72. The lowest BCUT2D eigenvalue weighted by molar-refractivity contribution is 0.0941. The van der Waals surface area contributed by atoms with Gasteiger partial charge in [0.25, 0.3) is 5.91 Å². The number of fused-ring (bicyclic) bond motifs is 1. The molecule has 1 N–H and O–H groups in total. The minimum absolute atomic E-state index is 0.0722. The summed E-state index contributed by atoms with van der Waals surface area (Å²) < 4.78 is 0. The zero-order valence-electron chi connectivity index (χ0n) is 11.9. The molecule has 2 unspecified atom stereocenters. The number of nitrogens with zero attached hydrogens (tertiary/aromatic N) is 1. The number of amides is 1. The average Bonchev–Trinajstić information content (AvgIpc) is 2.53. The molecule has 1 fully saturated rings. The van der Waals surface area contributed by atoms with Crippen LogP contribution in [0.15, 0.2) is 36.5 Å². The molecule has 1 saturated carbocycles. The van der Waals surface area contributed by atoms with Crippen molar-refractivity contribution in [3.05, 3.63) is 42.2 Å². The first-order chi connectivity index (χ1) is 10.3. The van der Waals surface area contributed by atoms with Gasteiger partial charge in [0.1, 0.15) is 5.69 Å². The van der Waals surface area contributed by atoms with Gasteiger partial charge in [-0.2, -0.15) is 0 Å². The van der Waals surface area contributed by atoms with Gasteiger partial charge in [0.15, 0.2) is 0 Å². The highest BCUT2D eigenvalue weighted by Crippen LogP contribution is 2.29. The first-order valence-electron chi connectivity index (χ1n) is 7.52. The van der Waals surface area contributed by atoms with E-state index in [0.29, 0.717) is 16.4 Å². The van der Waals surface area contributed by atoms with Crippen LogP contribution in [0.4, 0.5) is 0 Å². The van der Waals surface area contributed by atoms with E-state index in [-0.39, 0.29) is 5.91 Å². The van der Waals surface area contributed by atoms with Crippen molar-refractivity contribution in [3.8, 4) is 0 Å². The topological polar surface area (TPSA) is 42.0 Å². The third-order valence-corrected chi connectivity index (χ3v) is 5.44. The number of carbonyl (C=O) groups is 1. The fourth-order valence-corrected chi connectivity index (χ4v) is 3.78. The molecule has 0 spiro atoms. The number of halogens is 1. The summed E-state index contributed by atoms with van der Waals surface area (Å²) in [7, 11) is 0. The van der Waals surface area contributed by atoms with E-state index >= 15 is 0 Å². The molecule has 0 saturated heterocycles. The van der Waals surface area contributed by atoms with Gasteiger partial charge in [-0.15, -0.1) is 0 Å². The first kappa shape index (κ1) is 14.5. The summed E-state index contributed by atoms with van der Waals surface area (Å²) in [4.78, 5) is 17.2. The summed E-state index contributed by atoms with van der Waals surface area (Å²) in [6, 6.07) is 9.80. The van der Waals surface area contributed by atoms with E-state index in [9.17, 15) is 4.79 Å². The second kappa shape index (κ2) is 6.56. The quantitative estimate of drug-likeness (QED) is 0.855. The van der Waals surface area contributed by atoms with Crippen molar-refractivity contribution in [1.29, 1.82) is 0 Å². The molecule has 2 aromatic rings. The van der Waals surface area contributed by atoms with Crippen LogP contribution in [0.2, 0.25) is 0 Å². The molecule has 3 nitrogen and oxygen atoms in total. The molecular weight excluding hydrogens is 328 g/mol. The molecule has 1 aromatic carbocycles. The molecule has 1 amide bonds. The van der Waals surface area contributed by atoms with Gasteiger partial charge in [-0.3, -0.25) is 9.78 Å². The lowest BCUT2D eigenvalue weighted by Crippen LogP contribution is -2.35. The Hall–Kier alpha value is -1.42. The summed E-state index contributed by atoms with van der Waals surface area (Å²) >= 11 is 3.73. The lowest BCUT2D eigenvalue weighted by atomic mass is 9.89. The van der Waals surface area contributed by atoms with Crippen LogP contribution in [-0.4, -0.2) is 22.3 Å². The second-order valence-corrected chi connectivity index (χ2v) is 6.83. The molecule has 2 atom stereocenters. The van der Waals surface area contributed by atoms with Crippen LogP contribution in [0.25, 0.3) is 10.8 Å². The van der Waals surface area contributed by atoms with Crippen molar-refractivity contribution in [1.82, 2.24) is 10.3 Å². The predicted molar refractivity (Wildman–Crippen MR) is 88.7 cm³/mol. The normalized spacial score (nSPS) is 22.1. The minimum Gasteiger partial charge on any atom is -0.350 e. The van der Waals surface area contributed by atoms with Crippen LogP contribution in [0.3, 0.4) is 0 Å². The third kappa shape index (κ3) is 3.26. The first-order valence-corrected chi connectivity index (χ1v) is 8.43. The summed E-state index contributed by atoms with van der Waals surface area (Å²) in [6.45, 7) is 0.722. The number of pyridine rings is 1. The zero-order valence-corrected chi connectivity index (χ0v) is 13.5. The van der Waals surface area contributed by atoms with Crippen molar-refractivity contribution < 1.29 is 4.79 Å². The Bertz CT molecular complexity index is 638. The van der Waals surface area contributed by atoms with Gasteiger partial charge < -0.3 is 5.32 Å². The van der Waals surface area contributed by atoms with E-state index in [0.717, 1.165) is 17.3 Å². The maximum Gasteiger partial charge on any atom is 0.270 e. The number of rotatable bonds is 3. The molecule has 1 heterocycles. The number of aromatic nitrogens is 1. The standard InChI is InChI=1S/C17H19BrN2O/c18-15-8-4-2-6-13(15)11-20-17(21)16-14-7-3-1-5-12(14)9-10-19-16/h1,3,5,7,9-10,13,15H,2,4,6,8,11H2,(H,20,21). The Labute approximate surface area is 133 Å². The number of benzene rings is 1. The Morgan fingerprint density at radius 2 is 2.05 bits per heavy atom. The van der Waals surface area contributed by atoms with Crippen LogP contribution < -0.4 is 5.32 Å². The van der Waals surface area contributed by atoms with Crippen LogP contribution in [-0.2, 0) is 0 Å². The molecule has 0 radical (unpaired) electrons. The average molecular weight is 347 g/mol. The summed E-state index contributed by atoms with van der Waals surface area (Å²) in [5.41, 5.74) is 0.523. The number of carbonyl (C=O) groups excluding carboxylic acids is 1. The van der Waals surface area contributed by atoms with E-state index < -0.39 is 0 Å². The van der Waals surface area contributed by atoms with E-state index in [1.807, 2.05) is 30.3 Å². The summed E-state index contributed by atoms with van der Waals surface area (Å²) in [6.07, 6.45) is 6.62. The Morgan fingerprint density at radius 3 is 2.90 bits per heavy atom. The van der Waals surface area contributed by atoms with E-state index in [1.165, 1.54) is 25.7 Å². The van der Waals surface area contributed by atoms with Gasteiger partial charge in [0, 0.05) is 23.0 Å². The molecule has 110 valence electrons. The maximum atomic E-state index is 12.4. The highest BCUT2D eigenvalue weighted by molar-refractivity contribution is 9.09. The van der Waals surface area contributed by atoms with Crippen LogP contribution >= 0.6 is 15.9 Å². The van der Waals surface area contributed by atoms with Gasteiger partial charge in [-0.1, -0.05) is 53.0 Å².